The number of rotatable bonds is 1. The number of carbonyl (C=O) groups excluding carboxylic acids is 1. The molecule has 1 aromatic rings. The first-order valence-corrected chi connectivity index (χ1v) is 4.51. The van der Waals surface area contributed by atoms with E-state index < -0.39 is 0 Å². The summed E-state index contributed by atoms with van der Waals surface area (Å²) in [4.78, 5) is 14.7. The molecule has 5 nitrogen and oxygen atoms in total. The molecule has 0 saturated heterocycles. The van der Waals surface area contributed by atoms with Crippen molar-refractivity contribution in [2.24, 2.45) is 10.7 Å². The van der Waals surface area contributed by atoms with Crippen molar-refractivity contribution >= 4 is 29.0 Å². The Labute approximate surface area is 79.7 Å². The Morgan fingerprint density at radius 1 is 1.69 bits per heavy atom. The fourth-order valence-corrected chi connectivity index (χ4v) is 1.23. The van der Waals surface area contributed by atoms with E-state index in [0.29, 0.717) is 0 Å². The van der Waals surface area contributed by atoms with E-state index in [0.717, 1.165) is 5.69 Å². The number of urea groups is 1. The molecule has 0 fully saturated rings. The van der Waals surface area contributed by atoms with Gasteiger partial charge in [0.05, 0.1) is 5.69 Å². The summed E-state index contributed by atoms with van der Waals surface area (Å²) in [5.41, 5.74) is 6.16. The van der Waals surface area contributed by atoms with Crippen LogP contribution >= 0.6 is 11.3 Å². The predicted molar refractivity (Wildman–Crippen MR) is 53.2 cm³/mol. The highest BCUT2D eigenvalue weighted by molar-refractivity contribution is 7.08. The molecule has 6 heteroatoms. The molecule has 0 aliphatic carbocycles. The van der Waals surface area contributed by atoms with Gasteiger partial charge in [0.1, 0.15) is 0 Å². The van der Waals surface area contributed by atoms with Crippen molar-refractivity contribution in [1.29, 1.82) is 0 Å². The molecule has 1 aromatic heterocycles. The minimum atomic E-state index is -0.378. The van der Waals surface area contributed by atoms with Crippen LogP contribution in [0.4, 0.5) is 10.5 Å². The minimum absolute atomic E-state index is 0.0813. The molecule has 1 heterocycles. The Morgan fingerprint density at radius 2 is 2.46 bits per heavy atom. The summed E-state index contributed by atoms with van der Waals surface area (Å²) in [6, 6.07) is 1.43. The van der Waals surface area contributed by atoms with Crippen molar-refractivity contribution in [2.75, 3.05) is 7.05 Å². The molecule has 0 aromatic carbocycles. The van der Waals surface area contributed by atoms with E-state index in [-0.39, 0.29) is 12.0 Å². The maximum atomic E-state index is 10.8. The number of nitrogens with zero attached hydrogens (tertiary/aromatic N) is 1. The Balaban J connectivity index is 2.57. The van der Waals surface area contributed by atoms with Crippen LogP contribution in [0.1, 0.15) is 0 Å². The normalized spacial score (nSPS) is 11.0. The zero-order chi connectivity index (χ0) is 9.68. The van der Waals surface area contributed by atoms with Gasteiger partial charge in [0.2, 0.25) is 5.96 Å². The molecule has 0 aliphatic rings. The van der Waals surface area contributed by atoms with E-state index in [4.69, 9.17) is 5.73 Å². The standard InChI is InChI=1S/C7H10N4OS/c1-9-7(12)11-6(8)10-5-2-3-13-4-5/h2-4H,1H3,(H4,8,9,10,11,12). The van der Waals surface area contributed by atoms with Crippen molar-refractivity contribution in [2.45, 2.75) is 0 Å². The molecule has 0 spiro atoms. The van der Waals surface area contributed by atoms with Crippen LogP contribution in [0.15, 0.2) is 21.8 Å². The molecule has 2 amide bonds. The maximum absolute atomic E-state index is 10.8. The van der Waals surface area contributed by atoms with Gasteiger partial charge in [-0.3, -0.25) is 5.32 Å². The SMILES string of the molecule is CNC(=O)NC(N)=Nc1ccsc1. The second-order valence-electron chi connectivity index (χ2n) is 2.18. The van der Waals surface area contributed by atoms with Gasteiger partial charge in [-0.05, 0) is 11.4 Å². The molecule has 0 aliphatic heterocycles. The summed E-state index contributed by atoms with van der Waals surface area (Å²) >= 11 is 1.52. The molecule has 13 heavy (non-hydrogen) atoms. The summed E-state index contributed by atoms with van der Waals surface area (Å²) in [5.74, 6) is 0.0813. The average Bonchev–Trinajstić information content (AvgIpc) is 2.56. The van der Waals surface area contributed by atoms with Gasteiger partial charge in [-0.15, -0.1) is 0 Å². The monoisotopic (exact) mass is 198 g/mol. The first-order chi connectivity index (χ1) is 6.22. The van der Waals surface area contributed by atoms with Gasteiger partial charge in [0, 0.05) is 12.4 Å². The van der Waals surface area contributed by atoms with Crippen LogP contribution in [-0.2, 0) is 0 Å². The largest absolute Gasteiger partial charge is 0.369 e. The third-order valence-corrected chi connectivity index (χ3v) is 1.90. The second-order valence-corrected chi connectivity index (χ2v) is 2.96. The lowest BCUT2D eigenvalue weighted by molar-refractivity contribution is 0.247. The van der Waals surface area contributed by atoms with Crippen LogP contribution in [0, 0.1) is 0 Å². The first kappa shape index (κ1) is 9.53. The van der Waals surface area contributed by atoms with E-state index in [2.05, 4.69) is 15.6 Å². The van der Waals surface area contributed by atoms with E-state index in [9.17, 15) is 4.79 Å². The third-order valence-electron chi connectivity index (χ3n) is 1.22. The van der Waals surface area contributed by atoms with Crippen LogP contribution in [0.3, 0.4) is 0 Å². The van der Waals surface area contributed by atoms with Gasteiger partial charge >= 0.3 is 6.03 Å². The number of carbonyl (C=O) groups is 1. The van der Waals surface area contributed by atoms with Gasteiger partial charge in [0.25, 0.3) is 0 Å². The van der Waals surface area contributed by atoms with Crippen molar-refractivity contribution in [1.82, 2.24) is 10.6 Å². The number of amides is 2. The summed E-state index contributed by atoms with van der Waals surface area (Å²) in [6.07, 6.45) is 0. The lowest BCUT2D eigenvalue weighted by Crippen LogP contribution is -2.41. The third kappa shape index (κ3) is 3.12. The van der Waals surface area contributed by atoms with Gasteiger partial charge in [-0.25, -0.2) is 9.79 Å². The fourth-order valence-electron chi connectivity index (χ4n) is 0.667. The van der Waals surface area contributed by atoms with Crippen LogP contribution in [0.2, 0.25) is 0 Å². The Hall–Kier alpha value is -1.56. The molecular weight excluding hydrogens is 188 g/mol. The van der Waals surface area contributed by atoms with Crippen molar-refractivity contribution in [3.8, 4) is 0 Å². The Bertz CT molecular complexity index is 306. The minimum Gasteiger partial charge on any atom is -0.369 e. The van der Waals surface area contributed by atoms with Crippen molar-refractivity contribution < 1.29 is 4.79 Å². The van der Waals surface area contributed by atoms with E-state index in [1.807, 2.05) is 16.8 Å². The summed E-state index contributed by atoms with van der Waals surface area (Å²) in [6.45, 7) is 0. The topological polar surface area (TPSA) is 79.5 Å². The van der Waals surface area contributed by atoms with Gasteiger partial charge < -0.3 is 11.1 Å². The van der Waals surface area contributed by atoms with Crippen LogP contribution in [0.5, 0.6) is 0 Å². The summed E-state index contributed by atoms with van der Waals surface area (Å²) < 4.78 is 0. The molecule has 0 saturated carbocycles. The highest BCUT2D eigenvalue weighted by Gasteiger charge is 1.98. The Kier molecular flexibility index (Phi) is 3.27. The quantitative estimate of drug-likeness (QED) is 0.457. The highest BCUT2D eigenvalue weighted by atomic mass is 32.1. The number of hydrogen-bond donors (Lipinski definition) is 3. The van der Waals surface area contributed by atoms with E-state index in [1.165, 1.54) is 18.4 Å². The van der Waals surface area contributed by atoms with Gasteiger partial charge in [0.15, 0.2) is 0 Å². The predicted octanol–water partition coefficient (Wildman–Crippen LogP) is 0.623. The number of aliphatic imine (C=N–C) groups is 1. The molecule has 0 atom stereocenters. The number of guanidine groups is 1. The van der Waals surface area contributed by atoms with Crippen molar-refractivity contribution in [3.63, 3.8) is 0 Å². The van der Waals surface area contributed by atoms with Crippen LogP contribution in [0.25, 0.3) is 0 Å². The lowest BCUT2D eigenvalue weighted by Gasteiger charge is -2.01. The number of nitrogens with one attached hydrogen (secondary N) is 2. The zero-order valence-electron chi connectivity index (χ0n) is 7.07. The number of thiophene rings is 1. The van der Waals surface area contributed by atoms with Crippen molar-refractivity contribution in [3.05, 3.63) is 16.8 Å². The molecule has 0 bridgehead atoms. The molecule has 70 valence electrons. The fraction of sp³-hybridized carbons (Fsp3) is 0.143. The van der Waals surface area contributed by atoms with Gasteiger partial charge in [-0.1, -0.05) is 0 Å². The smallest absolute Gasteiger partial charge is 0.321 e. The van der Waals surface area contributed by atoms with Crippen LogP contribution < -0.4 is 16.4 Å². The summed E-state index contributed by atoms with van der Waals surface area (Å²) in [7, 11) is 1.51. The average molecular weight is 198 g/mol. The summed E-state index contributed by atoms with van der Waals surface area (Å²) in [5, 5.41) is 8.43. The lowest BCUT2D eigenvalue weighted by atomic mass is 10.5. The molecule has 0 radical (unpaired) electrons. The zero-order valence-corrected chi connectivity index (χ0v) is 7.89. The van der Waals surface area contributed by atoms with Crippen LogP contribution in [-0.4, -0.2) is 19.0 Å². The van der Waals surface area contributed by atoms with E-state index in [1.54, 1.807) is 0 Å². The maximum Gasteiger partial charge on any atom is 0.321 e. The molecule has 4 N–H and O–H groups in total. The number of hydrogen-bond acceptors (Lipinski definition) is 3. The molecule has 1 rings (SSSR count). The second kappa shape index (κ2) is 4.46. The first-order valence-electron chi connectivity index (χ1n) is 3.57. The number of nitrogens with two attached hydrogens (primary N) is 1. The molecule has 0 unspecified atom stereocenters. The van der Waals surface area contributed by atoms with E-state index >= 15 is 0 Å². The highest BCUT2D eigenvalue weighted by Crippen LogP contribution is 2.14. The Morgan fingerprint density at radius 3 is 3.00 bits per heavy atom. The molecular formula is C7H10N4OS. The van der Waals surface area contributed by atoms with Gasteiger partial charge in [-0.2, -0.15) is 11.3 Å².